The molecule has 4 heteroatoms. The fourth-order valence-corrected chi connectivity index (χ4v) is 2.86. The predicted octanol–water partition coefficient (Wildman–Crippen LogP) is 4.60. The van der Waals surface area contributed by atoms with Crippen molar-refractivity contribution < 1.29 is 13.2 Å². The zero-order valence-corrected chi connectivity index (χ0v) is 12.9. The number of piperidine rings is 1. The van der Waals surface area contributed by atoms with E-state index in [-0.39, 0.29) is 17.9 Å². The Balaban J connectivity index is 1.98. The molecule has 21 heavy (non-hydrogen) atoms. The Labute approximate surface area is 124 Å². The molecular formula is C17H24F3N. The van der Waals surface area contributed by atoms with Crippen molar-refractivity contribution in [2.45, 2.75) is 70.1 Å². The van der Waals surface area contributed by atoms with Crippen LogP contribution in [0.25, 0.3) is 0 Å². The molecule has 1 aromatic rings. The van der Waals surface area contributed by atoms with Gasteiger partial charge in [0.1, 0.15) is 6.04 Å². The summed E-state index contributed by atoms with van der Waals surface area (Å²) in [6.07, 6.45) is -1.82. The van der Waals surface area contributed by atoms with E-state index in [2.05, 4.69) is 38.2 Å². The summed E-state index contributed by atoms with van der Waals surface area (Å²) in [4.78, 5) is 0. The van der Waals surface area contributed by atoms with Crippen molar-refractivity contribution in [1.29, 1.82) is 0 Å². The van der Waals surface area contributed by atoms with Crippen LogP contribution in [0.15, 0.2) is 24.3 Å². The monoisotopic (exact) mass is 299 g/mol. The minimum atomic E-state index is -4.13. The van der Waals surface area contributed by atoms with Crippen LogP contribution in [0, 0.1) is 0 Å². The van der Waals surface area contributed by atoms with E-state index in [0.717, 1.165) is 12.0 Å². The number of benzene rings is 1. The Morgan fingerprint density at radius 1 is 1.05 bits per heavy atom. The molecule has 118 valence electrons. The maximum atomic E-state index is 12.8. The first kappa shape index (κ1) is 16.3. The third-order valence-corrected chi connectivity index (χ3v) is 4.18. The lowest BCUT2D eigenvalue weighted by atomic mass is 9.86. The highest BCUT2D eigenvalue weighted by Gasteiger charge is 2.41. The number of halogens is 3. The van der Waals surface area contributed by atoms with E-state index in [9.17, 15) is 13.2 Å². The van der Waals surface area contributed by atoms with E-state index in [1.165, 1.54) is 5.56 Å². The molecule has 1 aliphatic rings. The lowest BCUT2D eigenvalue weighted by Crippen LogP contribution is -2.50. The average molecular weight is 299 g/mol. The van der Waals surface area contributed by atoms with E-state index < -0.39 is 12.2 Å². The van der Waals surface area contributed by atoms with Gasteiger partial charge in [0.05, 0.1) is 0 Å². The summed E-state index contributed by atoms with van der Waals surface area (Å²) in [7, 11) is 0. The van der Waals surface area contributed by atoms with Gasteiger partial charge in [-0.05, 0) is 42.2 Å². The van der Waals surface area contributed by atoms with Crippen molar-refractivity contribution in [2.75, 3.05) is 0 Å². The Bertz CT molecular complexity index is 456. The highest BCUT2D eigenvalue weighted by Crippen LogP contribution is 2.29. The molecule has 0 spiro atoms. The summed E-state index contributed by atoms with van der Waals surface area (Å²) in [6, 6.07) is 6.83. The second kappa shape index (κ2) is 5.99. The van der Waals surface area contributed by atoms with Gasteiger partial charge in [-0.15, -0.1) is 0 Å². The molecule has 2 atom stereocenters. The van der Waals surface area contributed by atoms with Gasteiger partial charge in [-0.25, -0.2) is 0 Å². The maximum absolute atomic E-state index is 12.8. The summed E-state index contributed by atoms with van der Waals surface area (Å²) in [5.41, 5.74) is 2.45. The maximum Gasteiger partial charge on any atom is 0.403 e. The summed E-state index contributed by atoms with van der Waals surface area (Å²) in [6.45, 7) is 6.45. The van der Waals surface area contributed by atoms with Crippen LogP contribution in [0.5, 0.6) is 0 Å². The van der Waals surface area contributed by atoms with E-state index in [0.29, 0.717) is 12.8 Å². The van der Waals surface area contributed by atoms with Crippen LogP contribution in [0.3, 0.4) is 0 Å². The van der Waals surface area contributed by atoms with Crippen molar-refractivity contribution in [3.05, 3.63) is 35.4 Å². The Morgan fingerprint density at radius 2 is 1.67 bits per heavy atom. The molecule has 0 saturated carbocycles. The van der Waals surface area contributed by atoms with Crippen LogP contribution in [-0.4, -0.2) is 18.3 Å². The van der Waals surface area contributed by atoms with Gasteiger partial charge in [0.2, 0.25) is 0 Å². The molecule has 1 aromatic carbocycles. The van der Waals surface area contributed by atoms with Crippen molar-refractivity contribution >= 4 is 0 Å². The molecule has 0 aromatic heterocycles. The van der Waals surface area contributed by atoms with E-state index >= 15 is 0 Å². The van der Waals surface area contributed by atoms with Crippen molar-refractivity contribution in [1.82, 2.24) is 5.32 Å². The third-order valence-electron chi connectivity index (χ3n) is 4.18. The average Bonchev–Trinajstić information content (AvgIpc) is 2.37. The van der Waals surface area contributed by atoms with E-state index in [1.807, 2.05) is 12.1 Å². The van der Waals surface area contributed by atoms with Gasteiger partial charge in [-0.2, -0.15) is 13.2 Å². The van der Waals surface area contributed by atoms with Crippen molar-refractivity contribution in [2.24, 2.45) is 0 Å². The lowest BCUT2D eigenvalue weighted by molar-refractivity contribution is -0.163. The van der Waals surface area contributed by atoms with Crippen LogP contribution in [0.2, 0.25) is 0 Å². The molecule has 2 unspecified atom stereocenters. The minimum absolute atomic E-state index is 0.0779. The second-order valence-electron chi connectivity index (χ2n) is 7.04. The summed E-state index contributed by atoms with van der Waals surface area (Å²) < 4.78 is 38.3. The first-order chi connectivity index (χ1) is 9.66. The van der Waals surface area contributed by atoms with Gasteiger partial charge in [0.25, 0.3) is 0 Å². The normalized spacial score (nSPS) is 24.1. The summed E-state index contributed by atoms with van der Waals surface area (Å²) >= 11 is 0. The fourth-order valence-electron chi connectivity index (χ4n) is 2.86. The molecule has 1 saturated heterocycles. The molecular weight excluding hydrogens is 275 g/mol. The first-order valence-corrected chi connectivity index (χ1v) is 7.58. The molecule has 1 N–H and O–H groups in total. The van der Waals surface area contributed by atoms with Crippen LogP contribution >= 0.6 is 0 Å². The lowest BCUT2D eigenvalue weighted by Gasteiger charge is -2.32. The molecule has 1 heterocycles. The zero-order chi connectivity index (χ0) is 15.7. The largest absolute Gasteiger partial charge is 0.403 e. The van der Waals surface area contributed by atoms with Crippen LogP contribution in [-0.2, 0) is 11.8 Å². The molecule has 1 aliphatic heterocycles. The van der Waals surface area contributed by atoms with Gasteiger partial charge < -0.3 is 5.32 Å². The topological polar surface area (TPSA) is 12.0 Å². The number of rotatable bonds is 2. The first-order valence-electron chi connectivity index (χ1n) is 7.58. The molecule has 0 radical (unpaired) electrons. The number of hydrogen-bond acceptors (Lipinski definition) is 1. The molecule has 1 nitrogen and oxygen atoms in total. The van der Waals surface area contributed by atoms with Gasteiger partial charge in [-0.1, -0.05) is 45.0 Å². The highest BCUT2D eigenvalue weighted by atomic mass is 19.4. The summed E-state index contributed by atoms with van der Waals surface area (Å²) in [5.74, 6) is 0. The van der Waals surface area contributed by atoms with Crippen molar-refractivity contribution in [3.63, 3.8) is 0 Å². The Morgan fingerprint density at radius 3 is 2.19 bits per heavy atom. The summed E-state index contributed by atoms with van der Waals surface area (Å²) in [5, 5.41) is 2.76. The zero-order valence-electron chi connectivity index (χ0n) is 12.9. The Hall–Kier alpha value is -1.03. The molecule has 0 aliphatic carbocycles. The van der Waals surface area contributed by atoms with Crippen LogP contribution in [0.4, 0.5) is 13.2 Å². The Kier molecular flexibility index (Phi) is 4.66. The molecule has 1 fully saturated rings. The number of alkyl halides is 3. The van der Waals surface area contributed by atoms with E-state index in [1.54, 1.807) is 0 Å². The fraction of sp³-hybridized carbons (Fsp3) is 0.647. The minimum Gasteiger partial charge on any atom is -0.303 e. The quantitative estimate of drug-likeness (QED) is 0.841. The smallest absolute Gasteiger partial charge is 0.303 e. The second-order valence-corrected chi connectivity index (χ2v) is 7.04. The van der Waals surface area contributed by atoms with E-state index in [4.69, 9.17) is 0 Å². The number of hydrogen-bond donors (Lipinski definition) is 1. The van der Waals surface area contributed by atoms with Gasteiger partial charge in [-0.3, -0.25) is 0 Å². The number of nitrogens with one attached hydrogen (secondary N) is 1. The van der Waals surface area contributed by atoms with Gasteiger partial charge in [0.15, 0.2) is 0 Å². The standard InChI is InChI=1S/C17H24F3N/c1-16(2,3)13-9-7-12(8-10-13)11-14-5-4-6-15(21-14)17(18,19)20/h7-10,14-15,21H,4-6,11H2,1-3H3. The molecule has 0 bridgehead atoms. The molecule has 0 amide bonds. The van der Waals surface area contributed by atoms with Crippen molar-refractivity contribution in [3.8, 4) is 0 Å². The van der Waals surface area contributed by atoms with Crippen LogP contribution in [0.1, 0.15) is 51.2 Å². The van der Waals surface area contributed by atoms with Crippen LogP contribution < -0.4 is 5.32 Å². The highest BCUT2D eigenvalue weighted by molar-refractivity contribution is 5.28. The SMILES string of the molecule is CC(C)(C)c1ccc(CC2CCCC(C(F)(F)F)N2)cc1. The third kappa shape index (κ3) is 4.47. The van der Waals surface area contributed by atoms with Gasteiger partial charge >= 0.3 is 6.18 Å². The molecule has 2 rings (SSSR count). The predicted molar refractivity (Wildman–Crippen MR) is 79.5 cm³/mol. The van der Waals surface area contributed by atoms with Gasteiger partial charge in [0, 0.05) is 6.04 Å².